The Morgan fingerprint density at radius 1 is 1.37 bits per heavy atom. The molecule has 2 saturated heterocycles. The van der Waals surface area contributed by atoms with E-state index in [0.717, 1.165) is 44.0 Å². The van der Waals surface area contributed by atoms with Gasteiger partial charge >= 0.3 is 0 Å². The summed E-state index contributed by atoms with van der Waals surface area (Å²) < 4.78 is 0. The van der Waals surface area contributed by atoms with Crippen LogP contribution in [-0.4, -0.2) is 59.9 Å². The first-order chi connectivity index (χ1) is 9.15. The fourth-order valence-corrected chi connectivity index (χ4v) is 3.60. The molecule has 2 amide bonds. The van der Waals surface area contributed by atoms with Gasteiger partial charge in [-0.05, 0) is 12.8 Å². The largest absolute Gasteiger partial charge is 0.353 e. The zero-order valence-electron chi connectivity index (χ0n) is 11.5. The summed E-state index contributed by atoms with van der Waals surface area (Å²) in [5.41, 5.74) is 0. The van der Waals surface area contributed by atoms with Crippen molar-refractivity contribution in [2.75, 3.05) is 31.1 Å². The van der Waals surface area contributed by atoms with Gasteiger partial charge in [-0.2, -0.15) is 11.8 Å². The van der Waals surface area contributed by atoms with E-state index < -0.39 is 0 Å². The lowest BCUT2D eigenvalue weighted by Gasteiger charge is -2.33. The van der Waals surface area contributed by atoms with E-state index in [0.29, 0.717) is 12.5 Å². The third-order valence-electron chi connectivity index (χ3n) is 3.67. The van der Waals surface area contributed by atoms with E-state index in [1.165, 1.54) is 0 Å². The van der Waals surface area contributed by atoms with E-state index >= 15 is 0 Å². The summed E-state index contributed by atoms with van der Waals surface area (Å²) in [5, 5.41) is 6.33. The molecule has 1 atom stereocenters. The van der Waals surface area contributed by atoms with E-state index in [4.69, 9.17) is 0 Å². The van der Waals surface area contributed by atoms with Gasteiger partial charge in [0.15, 0.2) is 0 Å². The molecule has 5 nitrogen and oxygen atoms in total. The average molecular weight is 285 g/mol. The normalized spacial score (nSPS) is 25.1. The molecule has 1 unspecified atom stereocenters. The number of nitrogens with one attached hydrogen (secondary N) is 2. The number of nitrogens with zero attached hydrogens (tertiary/aromatic N) is 1. The highest BCUT2D eigenvalue weighted by Gasteiger charge is 2.25. The third kappa shape index (κ3) is 4.69. The van der Waals surface area contributed by atoms with Gasteiger partial charge in [0.1, 0.15) is 0 Å². The molecule has 19 heavy (non-hydrogen) atoms. The van der Waals surface area contributed by atoms with Crippen LogP contribution in [0.5, 0.6) is 0 Å². The van der Waals surface area contributed by atoms with Crippen molar-refractivity contribution in [1.29, 1.82) is 0 Å². The number of hydrogen-bond acceptors (Lipinski definition) is 4. The number of carbonyl (C=O) groups excluding carboxylic acids is 2. The summed E-state index contributed by atoms with van der Waals surface area (Å²) in [6.07, 6.45) is 2.36. The summed E-state index contributed by atoms with van der Waals surface area (Å²) in [5.74, 6) is 2.45. The Morgan fingerprint density at radius 3 is 2.68 bits per heavy atom. The first-order valence-electron chi connectivity index (χ1n) is 7.01. The number of likely N-dealkylation sites (tertiary alicyclic amines) is 1. The zero-order chi connectivity index (χ0) is 13.7. The predicted octanol–water partition coefficient (Wildman–Crippen LogP) is 0.209. The van der Waals surface area contributed by atoms with Crippen LogP contribution in [0.4, 0.5) is 0 Å². The van der Waals surface area contributed by atoms with Crippen LogP contribution < -0.4 is 10.6 Å². The Balaban J connectivity index is 1.71. The van der Waals surface area contributed by atoms with Crippen LogP contribution in [0.3, 0.4) is 0 Å². The second-order valence-electron chi connectivity index (χ2n) is 5.29. The van der Waals surface area contributed by atoms with Gasteiger partial charge in [-0.25, -0.2) is 0 Å². The van der Waals surface area contributed by atoms with Gasteiger partial charge < -0.3 is 15.5 Å². The average Bonchev–Trinajstić information content (AvgIpc) is 2.40. The molecule has 2 heterocycles. The zero-order valence-corrected chi connectivity index (χ0v) is 12.3. The molecule has 0 spiro atoms. The van der Waals surface area contributed by atoms with Gasteiger partial charge in [0.05, 0.1) is 0 Å². The molecule has 2 aliphatic rings. The van der Waals surface area contributed by atoms with Gasteiger partial charge in [0.25, 0.3) is 0 Å². The minimum Gasteiger partial charge on any atom is -0.353 e. The van der Waals surface area contributed by atoms with Crippen molar-refractivity contribution in [3.63, 3.8) is 0 Å². The number of carbonyl (C=O) groups is 2. The molecule has 2 fully saturated rings. The lowest BCUT2D eigenvalue weighted by atomic mass is 10.0. The molecule has 0 aliphatic carbocycles. The number of amides is 2. The lowest BCUT2D eigenvalue weighted by molar-refractivity contribution is -0.132. The van der Waals surface area contributed by atoms with Gasteiger partial charge in [-0.3, -0.25) is 9.59 Å². The molecular weight excluding hydrogens is 262 g/mol. The maximum Gasteiger partial charge on any atom is 0.224 e. The van der Waals surface area contributed by atoms with Gasteiger partial charge in [-0.15, -0.1) is 0 Å². The van der Waals surface area contributed by atoms with Crippen molar-refractivity contribution in [1.82, 2.24) is 15.5 Å². The van der Waals surface area contributed by atoms with E-state index in [1.807, 2.05) is 16.7 Å². The van der Waals surface area contributed by atoms with E-state index in [1.54, 1.807) is 6.92 Å². The molecule has 0 aromatic carbocycles. The topological polar surface area (TPSA) is 61.4 Å². The van der Waals surface area contributed by atoms with Crippen molar-refractivity contribution < 1.29 is 9.59 Å². The minimum absolute atomic E-state index is 0.0215. The Bertz CT molecular complexity index is 324. The third-order valence-corrected chi connectivity index (χ3v) is 4.81. The summed E-state index contributed by atoms with van der Waals surface area (Å²) in [4.78, 5) is 25.1. The fraction of sp³-hybridized carbons (Fsp3) is 0.846. The van der Waals surface area contributed by atoms with Crippen molar-refractivity contribution in [2.24, 2.45) is 0 Å². The molecule has 6 heteroatoms. The Labute approximate surface area is 118 Å². The highest BCUT2D eigenvalue weighted by Crippen LogP contribution is 2.15. The van der Waals surface area contributed by atoms with E-state index in [2.05, 4.69) is 10.6 Å². The second kappa shape index (κ2) is 7.14. The van der Waals surface area contributed by atoms with Crippen LogP contribution in [-0.2, 0) is 9.59 Å². The number of thioether (sulfide) groups is 1. The lowest BCUT2D eigenvalue weighted by Crippen LogP contribution is -2.48. The highest BCUT2D eigenvalue weighted by molar-refractivity contribution is 7.99. The standard InChI is InChI=1S/C13H23N3O2S/c1-10(17)15-11-2-5-16(6-3-11)13(18)8-12-9-19-7-4-14-12/h11-12,14H,2-9H2,1H3,(H,15,17). The minimum atomic E-state index is 0.0215. The van der Waals surface area contributed by atoms with Gasteiger partial charge in [0.2, 0.25) is 11.8 Å². The van der Waals surface area contributed by atoms with Crippen molar-refractivity contribution in [2.45, 2.75) is 38.3 Å². The molecule has 0 radical (unpaired) electrons. The number of hydrogen-bond donors (Lipinski definition) is 2. The predicted molar refractivity (Wildman–Crippen MR) is 77.2 cm³/mol. The monoisotopic (exact) mass is 285 g/mol. The Kier molecular flexibility index (Phi) is 5.51. The van der Waals surface area contributed by atoms with Crippen LogP contribution in [0.25, 0.3) is 0 Å². The van der Waals surface area contributed by atoms with Gasteiger partial charge in [0, 0.05) is 56.6 Å². The van der Waals surface area contributed by atoms with Crippen LogP contribution >= 0.6 is 11.8 Å². The number of piperidine rings is 1. The van der Waals surface area contributed by atoms with Crippen LogP contribution in [0.1, 0.15) is 26.2 Å². The molecular formula is C13H23N3O2S. The fourth-order valence-electron chi connectivity index (χ4n) is 2.65. The Hall–Kier alpha value is -0.750. The molecule has 2 rings (SSSR count). The van der Waals surface area contributed by atoms with E-state index in [-0.39, 0.29) is 17.9 Å². The molecule has 2 N–H and O–H groups in total. The van der Waals surface area contributed by atoms with Crippen molar-refractivity contribution in [3.05, 3.63) is 0 Å². The highest BCUT2D eigenvalue weighted by atomic mass is 32.2. The summed E-state index contributed by atoms with van der Waals surface area (Å²) in [7, 11) is 0. The first kappa shape index (κ1) is 14.7. The second-order valence-corrected chi connectivity index (χ2v) is 6.44. The number of rotatable bonds is 3. The van der Waals surface area contributed by atoms with Crippen molar-refractivity contribution >= 4 is 23.6 Å². The molecule has 0 aromatic rings. The maximum absolute atomic E-state index is 12.2. The van der Waals surface area contributed by atoms with Gasteiger partial charge in [-0.1, -0.05) is 0 Å². The quantitative estimate of drug-likeness (QED) is 0.778. The summed E-state index contributed by atoms with van der Waals surface area (Å²) in [6.45, 7) is 4.09. The Morgan fingerprint density at radius 2 is 2.11 bits per heavy atom. The van der Waals surface area contributed by atoms with E-state index in [9.17, 15) is 9.59 Å². The van der Waals surface area contributed by atoms with Crippen LogP contribution in [0, 0.1) is 0 Å². The maximum atomic E-state index is 12.2. The molecule has 2 aliphatic heterocycles. The van der Waals surface area contributed by atoms with Crippen LogP contribution in [0.15, 0.2) is 0 Å². The van der Waals surface area contributed by atoms with Crippen LogP contribution in [0.2, 0.25) is 0 Å². The summed E-state index contributed by atoms with van der Waals surface area (Å²) >= 11 is 1.92. The molecule has 0 saturated carbocycles. The van der Waals surface area contributed by atoms with Crippen molar-refractivity contribution in [3.8, 4) is 0 Å². The molecule has 108 valence electrons. The smallest absolute Gasteiger partial charge is 0.224 e. The SMILES string of the molecule is CC(=O)NC1CCN(C(=O)CC2CSCCN2)CC1. The summed E-state index contributed by atoms with van der Waals surface area (Å²) in [6, 6.07) is 0.573. The first-order valence-corrected chi connectivity index (χ1v) is 8.16. The molecule has 0 bridgehead atoms. The molecule has 0 aromatic heterocycles.